The molecule has 0 aliphatic heterocycles. The Bertz CT molecular complexity index is 848. The van der Waals surface area contributed by atoms with Gasteiger partial charge in [0.1, 0.15) is 5.82 Å². The van der Waals surface area contributed by atoms with Crippen molar-refractivity contribution in [1.82, 2.24) is 0 Å². The zero-order valence-electron chi connectivity index (χ0n) is 12.6. The second-order valence-electron chi connectivity index (χ2n) is 5.64. The number of halogens is 1. The molecule has 3 heteroatoms. The van der Waals surface area contributed by atoms with E-state index in [0.717, 1.165) is 29.8 Å². The lowest BCUT2D eigenvalue weighted by molar-refractivity contribution is 0.568. The normalized spacial score (nSPS) is 12.9. The van der Waals surface area contributed by atoms with Crippen LogP contribution in [-0.4, -0.2) is 0 Å². The molecule has 2 aromatic carbocycles. The number of rotatable bonds is 3. The van der Waals surface area contributed by atoms with Crippen LogP contribution in [-0.2, 0) is 6.42 Å². The van der Waals surface area contributed by atoms with Crippen molar-refractivity contribution in [2.75, 3.05) is 5.32 Å². The van der Waals surface area contributed by atoms with E-state index in [-0.39, 0.29) is 5.82 Å². The van der Waals surface area contributed by atoms with Crippen molar-refractivity contribution in [3.05, 3.63) is 78.0 Å². The van der Waals surface area contributed by atoms with Crippen LogP contribution in [0.1, 0.15) is 17.5 Å². The first-order chi connectivity index (χ1) is 11.3. The minimum Gasteiger partial charge on any atom is -0.472 e. The van der Waals surface area contributed by atoms with E-state index in [4.69, 9.17) is 4.42 Å². The predicted molar refractivity (Wildman–Crippen MR) is 91.2 cm³/mol. The fourth-order valence-corrected chi connectivity index (χ4v) is 3.03. The van der Waals surface area contributed by atoms with Crippen LogP contribution in [0.3, 0.4) is 0 Å². The molecule has 2 nitrogen and oxygen atoms in total. The molecule has 114 valence electrons. The van der Waals surface area contributed by atoms with Gasteiger partial charge in [-0.1, -0.05) is 18.2 Å². The van der Waals surface area contributed by atoms with Gasteiger partial charge >= 0.3 is 0 Å². The number of hydrogen-bond acceptors (Lipinski definition) is 2. The van der Waals surface area contributed by atoms with Crippen molar-refractivity contribution in [2.45, 2.75) is 12.8 Å². The molecule has 0 spiro atoms. The Kier molecular flexibility index (Phi) is 3.46. The summed E-state index contributed by atoms with van der Waals surface area (Å²) in [5, 5.41) is 3.41. The van der Waals surface area contributed by atoms with Gasteiger partial charge in [-0.25, -0.2) is 4.39 Å². The summed E-state index contributed by atoms with van der Waals surface area (Å²) in [5.41, 5.74) is 6.73. The summed E-state index contributed by atoms with van der Waals surface area (Å²) < 4.78 is 18.3. The van der Waals surface area contributed by atoms with Crippen molar-refractivity contribution < 1.29 is 8.81 Å². The Morgan fingerprint density at radius 1 is 1.00 bits per heavy atom. The number of benzene rings is 2. The number of fused-ring (bicyclic) bond motifs is 1. The first kappa shape index (κ1) is 13.8. The molecule has 1 aliphatic rings. The van der Waals surface area contributed by atoms with Crippen LogP contribution in [0.25, 0.3) is 17.2 Å². The third-order valence-corrected chi connectivity index (χ3v) is 4.16. The SMILES string of the molecule is Fc1ccc(Nc2ccc(-c3ccoc3)c3c2CCC=C3)cc1. The van der Waals surface area contributed by atoms with Crippen LogP contribution in [0, 0.1) is 5.82 Å². The molecule has 0 unspecified atom stereocenters. The molecule has 0 amide bonds. The fourth-order valence-electron chi connectivity index (χ4n) is 3.03. The van der Waals surface area contributed by atoms with Gasteiger partial charge in [0.05, 0.1) is 12.5 Å². The Morgan fingerprint density at radius 3 is 2.65 bits per heavy atom. The predicted octanol–water partition coefficient (Wildman–Crippen LogP) is 5.79. The zero-order valence-corrected chi connectivity index (χ0v) is 12.6. The number of furan rings is 1. The molecule has 1 aromatic heterocycles. The van der Waals surface area contributed by atoms with Gasteiger partial charge in [-0.2, -0.15) is 0 Å². The van der Waals surface area contributed by atoms with E-state index < -0.39 is 0 Å². The molecule has 0 saturated heterocycles. The molecule has 1 heterocycles. The molecule has 1 N–H and O–H groups in total. The highest BCUT2D eigenvalue weighted by Crippen LogP contribution is 2.36. The van der Waals surface area contributed by atoms with Crippen LogP contribution in [0.15, 0.2) is 65.5 Å². The molecule has 0 saturated carbocycles. The summed E-state index contributed by atoms with van der Waals surface area (Å²) in [6.45, 7) is 0. The Hall–Kier alpha value is -2.81. The topological polar surface area (TPSA) is 25.2 Å². The quantitative estimate of drug-likeness (QED) is 0.662. The highest BCUT2D eigenvalue weighted by Gasteiger charge is 2.15. The second kappa shape index (κ2) is 5.76. The molecule has 0 radical (unpaired) electrons. The summed E-state index contributed by atoms with van der Waals surface area (Å²) in [7, 11) is 0. The molecule has 0 fully saturated rings. The molecular weight excluding hydrogens is 289 g/mol. The van der Waals surface area contributed by atoms with Gasteiger partial charge in [0.2, 0.25) is 0 Å². The van der Waals surface area contributed by atoms with E-state index in [1.54, 1.807) is 24.7 Å². The van der Waals surface area contributed by atoms with Gasteiger partial charge in [0.15, 0.2) is 0 Å². The third-order valence-electron chi connectivity index (χ3n) is 4.16. The smallest absolute Gasteiger partial charge is 0.123 e. The Labute approximate surface area is 134 Å². The van der Waals surface area contributed by atoms with E-state index in [9.17, 15) is 4.39 Å². The van der Waals surface area contributed by atoms with Crippen molar-refractivity contribution in [3.63, 3.8) is 0 Å². The molecule has 0 bridgehead atoms. The monoisotopic (exact) mass is 305 g/mol. The summed E-state index contributed by atoms with van der Waals surface area (Å²) in [6.07, 6.45) is 9.86. The van der Waals surface area contributed by atoms with Crippen LogP contribution in [0.2, 0.25) is 0 Å². The molecule has 23 heavy (non-hydrogen) atoms. The average Bonchev–Trinajstić information content (AvgIpc) is 3.11. The number of anilines is 2. The summed E-state index contributed by atoms with van der Waals surface area (Å²) in [4.78, 5) is 0. The standard InChI is InChI=1S/C20H16FNO/c21-15-5-7-16(8-6-15)22-20-10-9-17(14-11-12-23-13-14)18-3-1-2-4-19(18)20/h1,3,5-13,22H,2,4H2. The number of hydrogen-bond donors (Lipinski definition) is 1. The second-order valence-corrected chi connectivity index (χ2v) is 5.64. The van der Waals surface area contributed by atoms with Gasteiger partial charge in [-0.3, -0.25) is 0 Å². The van der Waals surface area contributed by atoms with Gasteiger partial charge in [-0.05, 0) is 65.9 Å². The largest absolute Gasteiger partial charge is 0.472 e. The van der Waals surface area contributed by atoms with Gasteiger partial charge in [-0.15, -0.1) is 0 Å². The van der Waals surface area contributed by atoms with Crippen LogP contribution < -0.4 is 5.32 Å². The first-order valence-corrected chi connectivity index (χ1v) is 7.69. The highest BCUT2D eigenvalue weighted by molar-refractivity contribution is 5.83. The number of allylic oxidation sites excluding steroid dienone is 1. The lowest BCUT2D eigenvalue weighted by Gasteiger charge is -2.20. The summed E-state index contributed by atoms with van der Waals surface area (Å²) >= 11 is 0. The minimum absolute atomic E-state index is 0.226. The molecule has 3 aromatic rings. The Morgan fingerprint density at radius 2 is 1.87 bits per heavy atom. The van der Waals surface area contributed by atoms with Crippen molar-refractivity contribution in [1.29, 1.82) is 0 Å². The van der Waals surface area contributed by atoms with E-state index in [1.807, 2.05) is 6.07 Å². The van der Waals surface area contributed by atoms with Crippen LogP contribution in [0.5, 0.6) is 0 Å². The summed E-state index contributed by atoms with van der Waals surface area (Å²) in [5.74, 6) is -0.226. The van der Waals surface area contributed by atoms with E-state index in [1.165, 1.54) is 28.8 Å². The lowest BCUT2D eigenvalue weighted by Crippen LogP contribution is -2.02. The van der Waals surface area contributed by atoms with Gasteiger partial charge < -0.3 is 9.73 Å². The van der Waals surface area contributed by atoms with E-state index in [2.05, 4.69) is 29.6 Å². The number of nitrogens with one attached hydrogen (secondary N) is 1. The van der Waals surface area contributed by atoms with E-state index in [0.29, 0.717) is 0 Å². The molecular formula is C20H16FNO. The zero-order chi connectivity index (χ0) is 15.6. The van der Waals surface area contributed by atoms with Crippen LogP contribution in [0.4, 0.5) is 15.8 Å². The Balaban J connectivity index is 1.77. The lowest BCUT2D eigenvalue weighted by atomic mass is 9.89. The van der Waals surface area contributed by atoms with Crippen molar-refractivity contribution in [3.8, 4) is 11.1 Å². The minimum atomic E-state index is -0.226. The van der Waals surface area contributed by atoms with Gasteiger partial charge in [0.25, 0.3) is 0 Å². The first-order valence-electron chi connectivity index (χ1n) is 7.69. The van der Waals surface area contributed by atoms with Crippen molar-refractivity contribution in [2.24, 2.45) is 0 Å². The van der Waals surface area contributed by atoms with Crippen molar-refractivity contribution >= 4 is 17.5 Å². The van der Waals surface area contributed by atoms with Crippen LogP contribution >= 0.6 is 0 Å². The molecule has 4 rings (SSSR count). The molecule has 0 atom stereocenters. The maximum Gasteiger partial charge on any atom is 0.123 e. The average molecular weight is 305 g/mol. The fraction of sp³-hybridized carbons (Fsp3) is 0.100. The molecule has 1 aliphatic carbocycles. The third kappa shape index (κ3) is 2.66. The summed E-state index contributed by atoms with van der Waals surface area (Å²) in [6, 6.07) is 12.6. The highest BCUT2D eigenvalue weighted by atomic mass is 19.1. The van der Waals surface area contributed by atoms with Gasteiger partial charge in [0, 0.05) is 16.9 Å². The maximum atomic E-state index is 13.1. The maximum absolute atomic E-state index is 13.1. The van der Waals surface area contributed by atoms with E-state index >= 15 is 0 Å².